The van der Waals surface area contributed by atoms with Crippen molar-refractivity contribution < 1.29 is 14.5 Å². The summed E-state index contributed by atoms with van der Waals surface area (Å²) in [6.07, 6.45) is 0. The molecule has 1 aromatic rings. The Morgan fingerprint density at radius 2 is 1.78 bits per heavy atom. The van der Waals surface area contributed by atoms with E-state index in [0.717, 1.165) is 0 Å². The van der Waals surface area contributed by atoms with E-state index in [4.69, 9.17) is 4.74 Å². The van der Waals surface area contributed by atoms with Crippen molar-refractivity contribution in [2.24, 2.45) is 5.92 Å². The number of nitro groups is 1. The number of hydrogen-bond acceptors (Lipinski definition) is 4. The van der Waals surface area contributed by atoms with Crippen LogP contribution >= 0.6 is 0 Å². The number of nitrogens with zero attached hydrogens (tertiary/aromatic N) is 1. The molecule has 0 heterocycles. The minimum absolute atomic E-state index is 0.0466. The Hall–Kier alpha value is -1.91. The summed E-state index contributed by atoms with van der Waals surface area (Å²) in [5.41, 5.74) is -0.303. The number of non-ortho nitro benzene ring substituents is 1. The lowest BCUT2D eigenvalue weighted by molar-refractivity contribution is -0.384. The Bertz CT molecular complexity index is 449. The predicted molar refractivity (Wildman–Crippen MR) is 67.4 cm³/mol. The summed E-state index contributed by atoms with van der Waals surface area (Å²) in [6.45, 7) is 7.59. The highest BCUT2D eigenvalue weighted by Gasteiger charge is 2.27. The van der Waals surface area contributed by atoms with E-state index in [0.29, 0.717) is 5.56 Å². The van der Waals surface area contributed by atoms with Gasteiger partial charge in [0, 0.05) is 12.1 Å². The lowest BCUT2D eigenvalue weighted by Gasteiger charge is -2.29. The van der Waals surface area contributed by atoms with Crippen LogP contribution in [0.3, 0.4) is 0 Å². The Balaban J connectivity index is 2.82. The van der Waals surface area contributed by atoms with Gasteiger partial charge in [0.05, 0.1) is 10.5 Å². The van der Waals surface area contributed by atoms with Gasteiger partial charge in [-0.1, -0.05) is 13.8 Å². The Kier molecular flexibility index (Phi) is 4.06. The fourth-order valence-corrected chi connectivity index (χ4v) is 1.13. The van der Waals surface area contributed by atoms with E-state index in [2.05, 4.69) is 0 Å². The molecule has 1 rings (SSSR count). The van der Waals surface area contributed by atoms with Gasteiger partial charge in [-0.25, -0.2) is 4.79 Å². The Labute approximate surface area is 106 Å². The Morgan fingerprint density at radius 3 is 2.17 bits per heavy atom. The molecule has 98 valence electrons. The van der Waals surface area contributed by atoms with Crippen LogP contribution in [0.1, 0.15) is 38.1 Å². The van der Waals surface area contributed by atoms with Gasteiger partial charge < -0.3 is 4.74 Å². The van der Waals surface area contributed by atoms with Crippen molar-refractivity contribution in [2.75, 3.05) is 0 Å². The summed E-state index contributed by atoms with van der Waals surface area (Å²) in [5, 5.41) is 10.5. The van der Waals surface area contributed by atoms with Crippen LogP contribution in [0.25, 0.3) is 0 Å². The van der Waals surface area contributed by atoms with Gasteiger partial charge >= 0.3 is 5.97 Å². The van der Waals surface area contributed by atoms with Crippen LogP contribution in [-0.4, -0.2) is 16.5 Å². The fraction of sp³-hybridized carbons (Fsp3) is 0.462. The molecule has 0 bridgehead atoms. The second-order valence-corrected chi connectivity index (χ2v) is 4.95. The summed E-state index contributed by atoms with van der Waals surface area (Å²) in [5.74, 6) is -0.289. The van der Waals surface area contributed by atoms with Crippen molar-refractivity contribution in [1.29, 1.82) is 0 Å². The van der Waals surface area contributed by atoms with Crippen molar-refractivity contribution in [3.63, 3.8) is 0 Å². The summed E-state index contributed by atoms with van der Waals surface area (Å²) >= 11 is 0. The summed E-state index contributed by atoms with van der Waals surface area (Å²) in [7, 11) is 0. The number of hydrogen-bond donors (Lipinski definition) is 0. The van der Waals surface area contributed by atoms with Gasteiger partial charge in [-0.05, 0) is 31.9 Å². The highest BCUT2D eigenvalue weighted by atomic mass is 16.6. The van der Waals surface area contributed by atoms with E-state index in [-0.39, 0.29) is 11.6 Å². The molecule has 0 atom stereocenters. The van der Waals surface area contributed by atoms with Gasteiger partial charge in [-0.3, -0.25) is 10.1 Å². The zero-order valence-electron chi connectivity index (χ0n) is 11.0. The fourth-order valence-electron chi connectivity index (χ4n) is 1.13. The molecular formula is C13H17NO4. The quantitative estimate of drug-likeness (QED) is 0.468. The summed E-state index contributed by atoms with van der Waals surface area (Å²) < 4.78 is 5.38. The van der Waals surface area contributed by atoms with Crippen LogP contribution in [0.15, 0.2) is 24.3 Å². The van der Waals surface area contributed by atoms with E-state index in [9.17, 15) is 14.9 Å². The van der Waals surface area contributed by atoms with Crippen molar-refractivity contribution in [3.05, 3.63) is 39.9 Å². The molecule has 0 spiro atoms. The average Bonchev–Trinajstić information content (AvgIpc) is 2.28. The van der Waals surface area contributed by atoms with Crippen LogP contribution in [0.5, 0.6) is 0 Å². The van der Waals surface area contributed by atoms with Gasteiger partial charge in [0.2, 0.25) is 0 Å². The number of carbonyl (C=O) groups is 1. The highest BCUT2D eigenvalue weighted by Crippen LogP contribution is 2.22. The predicted octanol–water partition coefficient (Wildman–Crippen LogP) is 3.19. The number of ether oxygens (including phenoxy) is 1. The summed E-state index contributed by atoms with van der Waals surface area (Å²) in [6, 6.07) is 5.38. The van der Waals surface area contributed by atoms with Crippen molar-refractivity contribution in [1.82, 2.24) is 0 Å². The zero-order valence-corrected chi connectivity index (χ0v) is 11.0. The maximum atomic E-state index is 11.9. The lowest BCUT2D eigenvalue weighted by atomic mass is 9.94. The molecule has 0 radical (unpaired) electrons. The molecule has 0 saturated carbocycles. The smallest absolute Gasteiger partial charge is 0.338 e. The van der Waals surface area contributed by atoms with Gasteiger partial charge in [0.25, 0.3) is 5.69 Å². The van der Waals surface area contributed by atoms with E-state index >= 15 is 0 Å². The zero-order chi connectivity index (χ0) is 13.9. The number of benzene rings is 1. The third kappa shape index (κ3) is 3.29. The second-order valence-electron chi connectivity index (χ2n) is 4.95. The minimum Gasteiger partial charge on any atom is -0.456 e. The standard InChI is InChI=1S/C13H17NO4/c1-9(2)13(3,4)18-12(15)10-5-7-11(8-6-10)14(16)17/h5-9H,1-4H3. The van der Waals surface area contributed by atoms with Crippen LogP contribution in [0.2, 0.25) is 0 Å². The summed E-state index contributed by atoms with van der Waals surface area (Å²) in [4.78, 5) is 21.8. The normalized spacial score (nSPS) is 11.4. The molecule has 0 saturated heterocycles. The molecule has 0 aliphatic heterocycles. The molecule has 1 aromatic carbocycles. The first-order valence-electron chi connectivity index (χ1n) is 5.72. The third-order valence-electron chi connectivity index (χ3n) is 3.06. The molecular weight excluding hydrogens is 234 g/mol. The average molecular weight is 251 g/mol. The van der Waals surface area contributed by atoms with E-state index in [1.54, 1.807) is 0 Å². The molecule has 0 N–H and O–H groups in total. The Morgan fingerprint density at radius 1 is 1.28 bits per heavy atom. The maximum absolute atomic E-state index is 11.9. The first-order chi connectivity index (χ1) is 8.24. The number of nitro benzene ring substituents is 1. The second kappa shape index (κ2) is 5.16. The van der Waals surface area contributed by atoms with Crippen LogP contribution in [-0.2, 0) is 4.74 Å². The number of esters is 1. The molecule has 0 fully saturated rings. The third-order valence-corrected chi connectivity index (χ3v) is 3.06. The van der Waals surface area contributed by atoms with E-state index in [1.165, 1.54) is 24.3 Å². The lowest BCUT2D eigenvalue weighted by Crippen LogP contribution is -2.33. The van der Waals surface area contributed by atoms with Gasteiger partial charge in [-0.2, -0.15) is 0 Å². The molecule has 0 amide bonds. The molecule has 0 aliphatic rings. The van der Waals surface area contributed by atoms with Crippen LogP contribution in [0.4, 0.5) is 5.69 Å². The number of rotatable bonds is 4. The molecule has 5 heteroatoms. The molecule has 0 unspecified atom stereocenters. The highest BCUT2D eigenvalue weighted by molar-refractivity contribution is 5.89. The molecule has 18 heavy (non-hydrogen) atoms. The largest absolute Gasteiger partial charge is 0.456 e. The molecule has 0 aliphatic carbocycles. The van der Waals surface area contributed by atoms with Crippen LogP contribution < -0.4 is 0 Å². The van der Waals surface area contributed by atoms with Crippen molar-refractivity contribution >= 4 is 11.7 Å². The first-order valence-corrected chi connectivity index (χ1v) is 5.72. The first kappa shape index (κ1) is 14.2. The molecule has 0 aromatic heterocycles. The van der Waals surface area contributed by atoms with Gasteiger partial charge in [0.15, 0.2) is 0 Å². The van der Waals surface area contributed by atoms with E-state index in [1.807, 2.05) is 27.7 Å². The molecule has 5 nitrogen and oxygen atoms in total. The number of carbonyl (C=O) groups excluding carboxylic acids is 1. The van der Waals surface area contributed by atoms with Crippen molar-refractivity contribution in [3.8, 4) is 0 Å². The van der Waals surface area contributed by atoms with Gasteiger partial charge in [0.1, 0.15) is 5.60 Å². The van der Waals surface area contributed by atoms with E-state index < -0.39 is 16.5 Å². The van der Waals surface area contributed by atoms with Gasteiger partial charge in [-0.15, -0.1) is 0 Å². The van der Waals surface area contributed by atoms with Crippen molar-refractivity contribution in [2.45, 2.75) is 33.3 Å². The minimum atomic E-state index is -0.571. The van der Waals surface area contributed by atoms with Crippen LogP contribution in [0, 0.1) is 16.0 Å². The maximum Gasteiger partial charge on any atom is 0.338 e. The SMILES string of the molecule is CC(C)C(C)(C)OC(=O)c1ccc([N+](=O)[O-])cc1. The monoisotopic (exact) mass is 251 g/mol. The topological polar surface area (TPSA) is 69.4 Å².